The number of carbonyl (C=O) groups excluding carboxylic acids is 1. The summed E-state index contributed by atoms with van der Waals surface area (Å²) in [6.45, 7) is 3.86. The van der Waals surface area contributed by atoms with Crippen molar-refractivity contribution >= 4 is 16.1 Å². The van der Waals surface area contributed by atoms with E-state index in [-0.39, 0.29) is 17.9 Å². The second-order valence-corrected chi connectivity index (χ2v) is 7.70. The molecule has 146 valence electrons. The normalized spacial score (nSPS) is 17.0. The van der Waals surface area contributed by atoms with Crippen molar-refractivity contribution in [2.75, 3.05) is 33.1 Å². The quantitative estimate of drug-likeness (QED) is 0.684. The number of amides is 2. The van der Waals surface area contributed by atoms with Crippen molar-refractivity contribution in [1.82, 2.24) is 10.2 Å². The van der Waals surface area contributed by atoms with Gasteiger partial charge in [0.25, 0.3) is 0 Å². The van der Waals surface area contributed by atoms with Gasteiger partial charge in [-0.2, -0.15) is 8.42 Å². The topological polar surface area (TPSA) is 94.2 Å². The third kappa shape index (κ3) is 6.06. The van der Waals surface area contributed by atoms with E-state index in [1.54, 1.807) is 23.1 Å². The molecule has 1 heterocycles. The number of nitrogens with one attached hydrogen (secondary N) is 1. The van der Waals surface area contributed by atoms with E-state index in [0.717, 1.165) is 24.7 Å². The third-order valence-corrected chi connectivity index (χ3v) is 4.39. The highest BCUT2D eigenvalue weighted by Crippen LogP contribution is 2.29. The smallest absolute Gasteiger partial charge is 0.317 e. The number of rotatable bonds is 8. The lowest BCUT2D eigenvalue weighted by atomic mass is 10.1. The fourth-order valence-electron chi connectivity index (χ4n) is 2.78. The molecular weight excluding hydrogens is 360 g/mol. The van der Waals surface area contributed by atoms with Crippen molar-refractivity contribution in [3.05, 3.63) is 23.8 Å². The van der Waals surface area contributed by atoms with Gasteiger partial charge in [-0.15, -0.1) is 0 Å². The molecular formula is C17H26N2O6S. The number of carbonyl (C=O) groups is 1. The third-order valence-electron chi connectivity index (χ3n) is 3.91. The van der Waals surface area contributed by atoms with Crippen molar-refractivity contribution in [2.24, 2.45) is 0 Å². The van der Waals surface area contributed by atoms with Crippen molar-refractivity contribution in [1.29, 1.82) is 0 Å². The summed E-state index contributed by atoms with van der Waals surface area (Å²) in [5, 5.41) is 2.79. The molecule has 2 rings (SSSR count). The van der Waals surface area contributed by atoms with E-state index in [4.69, 9.17) is 13.7 Å². The first-order valence-corrected chi connectivity index (χ1v) is 10.3. The molecule has 1 fully saturated rings. The second-order valence-electron chi connectivity index (χ2n) is 6.12. The molecule has 8 nitrogen and oxygen atoms in total. The number of methoxy groups -OCH3 is 1. The van der Waals surface area contributed by atoms with Gasteiger partial charge in [0.1, 0.15) is 0 Å². The van der Waals surface area contributed by atoms with Gasteiger partial charge in [-0.25, -0.2) is 4.79 Å². The molecule has 1 aliphatic heterocycles. The van der Waals surface area contributed by atoms with Gasteiger partial charge in [-0.3, -0.25) is 0 Å². The number of hydrogen-bond donors (Lipinski definition) is 1. The SMILES string of the molecule is CCNC(=O)N(Cc1ccc(OC)c(OS(C)(=O)=O)c1)CC1CCCO1. The van der Waals surface area contributed by atoms with Crippen molar-refractivity contribution in [3.8, 4) is 11.5 Å². The van der Waals surface area contributed by atoms with Crippen LogP contribution in [0.15, 0.2) is 18.2 Å². The predicted octanol–water partition coefficient (Wildman–Crippen LogP) is 1.74. The largest absolute Gasteiger partial charge is 0.493 e. The maximum atomic E-state index is 12.4. The molecule has 0 aliphatic carbocycles. The Hall–Kier alpha value is -2.00. The summed E-state index contributed by atoms with van der Waals surface area (Å²) in [7, 11) is -2.26. The Bertz CT molecular complexity index is 716. The van der Waals surface area contributed by atoms with Gasteiger partial charge in [0.05, 0.1) is 19.5 Å². The molecule has 1 unspecified atom stereocenters. The monoisotopic (exact) mass is 386 g/mol. The second kappa shape index (κ2) is 9.09. The minimum Gasteiger partial charge on any atom is -0.493 e. The maximum absolute atomic E-state index is 12.4. The van der Waals surface area contributed by atoms with Crippen LogP contribution >= 0.6 is 0 Å². The number of ether oxygens (including phenoxy) is 2. The zero-order chi connectivity index (χ0) is 19.2. The average Bonchev–Trinajstić information content (AvgIpc) is 3.06. The Morgan fingerprint density at radius 2 is 2.15 bits per heavy atom. The number of urea groups is 1. The summed E-state index contributed by atoms with van der Waals surface area (Å²) >= 11 is 0. The summed E-state index contributed by atoms with van der Waals surface area (Å²) in [6.07, 6.45) is 2.89. The standard InChI is InChI=1S/C17H26N2O6S/c1-4-18-17(20)19(12-14-6-5-9-24-14)11-13-7-8-15(23-2)16(10-13)25-26(3,21)22/h7-8,10,14H,4-6,9,11-12H2,1-3H3,(H,18,20). The van der Waals surface area contributed by atoms with Gasteiger partial charge in [-0.05, 0) is 37.5 Å². The molecule has 26 heavy (non-hydrogen) atoms. The van der Waals surface area contributed by atoms with Crippen LogP contribution in [0.3, 0.4) is 0 Å². The van der Waals surface area contributed by atoms with E-state index in [9.17, 15) is 13.2 Å². The Morgan fingerprint density at radius 3 is 2.73 bits per heavy atom. The van der Waals surface area contributed by atoms with Crippen LogP contribution in [-0.2, 0) is 21.4 Å². The number of benzene rings is 1. The van der Waals surface area contributed by atoms with Crippen molar-refractivity contribution < 1.29 is 26.9 Å². The molecule has 1 atom stereocenters. The molecule has 1 N–H and O–H groups in total. The van der Waals surface area contributed by atoms with Gasteiger partial charge < -0.3 is 23.9 Å². The molecule has 1 aromatic rings. The summed E-state index contributed by atoms with van der Waals surface area (Å²) in [4.78, 5) is 14.0. The molecule has 0 saturated carbocycles. The number of hydrogen-bond acceptors (Lipinski definition) is 6. The lowest BCUT2D eigenvalue weighted by Crippen LogP contribution is -2.43. The van der Waals surface area contributed by atoms with Crippen molar-refractivity contribution in [3.63, 3.8) is 0 Å². The van der Waals surface area contributed by atoms with E-state index >= 15 is 0 Å². The highest BCUT2D eigenvalue weighted by molar-refractivity contribution is 7.86. The van der Waals surface area contributed by atoms with Gasteiger partial charge in [0.2, 0.25) is 0 Å². The van der Waals surface area contributed by atoms with Crippen LogP contribution in [0.1, 0.15) is 25.3 Å². The molecule has 0 aromatic heterocycles. The Kier molecular flexibility index (Phi) is 7.10. The summed E-state index contributed by atoms with van der Waals surface area (Å²) in [5.74, 6) is 0.406. The molecule has 0 spiro atoms. The Labute approximate surface area is 154 Å². The Balaban J connectivity index is 2.19. The van der Waals surface area contributed by atoms with Gasteiger partial charge in [0.15, 0.2) is 11.5 Å². The van der Waals surface area contributed by atoms with Crippen LogP contribution in [0.2, 0.25) is 0 Å². The summed E-state index contributed by atoms with van der Waals surface area (Å²) < 4.78 is 38.7. The van der Waals surface area contributed by atoms with Crippen LogP contribution < -0.4 is 14.2 Å². The predicted molar refractivity (Wildman–Crippen MR) is 96.9 cm³/mol. The van der Waals surface area contributed by atoms with Crippen LogP contribution in [0.4, 0.5) is 4.79 Å². The van der Waals surface area contributed by atoms with E-state index in [1.807, 2.05) is 6.92 Å². The van der Waals surface area contributed by atoms with E-state index in [0.29, 0.717) is 32.0 Å². The fraction of sp³-hybridized carbons (Fsp3) is 0.588. The first-order chi connectivity index (χ1) is 12.3. The lowest BCUT2D eigenvalue weighted by molar-refractivity contribution is 0.0795. The van der Waals surface area contributed by atoms with Crippen LogP contribution in [-0.4, -0.2) is 58.5 Å². The van der Waals surface area contributed by atoms with Crippen LogP contribution in [0.25, 0.3) is 0 Å². The van der Waals surface area contributed by atoms with Gasteiger partial charge in [0, 0.05) is 26.2 Å². The summed E-state index contributed by atoms with van der Waals surface area (Å²) in [6, 6.07) is 4.78. The number of nitrogens with zero attached hydrogens (tertiary/aromatic N) is 1. The molecule has 2 amide bonds. The van der Waals surface area contributed by atoms with Crippen LogP contribution in [0, 0.1) is 0 Å². The van der Waals surface area contributed by atoms with Crippen LogP contribution in [0.5, 0.6) is 11.5 Å². The van der Waals surface area contributed by atoms with Gasteiger partial charge >= 0.3 is 16.1 Å². The first kappa shape index (κ1) is 20.3. The first-order valence-electron chi connectivity index (χ1n) is 8.53. The molecule has 1 aliphatic rings. The zero-order valence-corrected chi connectivity index (χ0v) is 16.2. The summed E-state index contributed by atoms with van der Waals surface area (Å²) in [5.41, 5.74) is 0.730. The van der Waals surface area contributed by atoms with E-state index in [2.05, 4.69) is 5.32 Å². The van der Waals surface area contributed by atoms with E-state index < -0.39 is 10.1 Å². The molecule has 0 bridgehead atoms. The minimum absolute atomic E-state index is 0.0163. The van der Waals surface area contributed by atoms with Crippen molar-refractivity contribution in [2.45, 2.75) is 32.4 Å². The molecule has 1 aromatic carbocycles. The average molecular weight is 386 g/mol. The fourth-order valence-corrected chi connectivity index (χ4v) is 3.24. The molecule has 1 saturated heterocycles. The highest BCUT2D eigenvalue weighted by atomic mass is 32.2. The minimum atomic E-state index is -3.69. The van der Waals surface area contributed by atoms with E-state index in [1.165, 1.54) is 7.11 Å². The maximum Gasteiger partial charge on any atom is 0.317 e. The molecule has 0 radical (unpaired) electrons. The van der Waals surface area contributed by atoms with Gasteiger partial charge in [-0.1, -0.05) is 6.07 Å². The molecule has 9 heteroatoms. The highest BCUT2D eigenvalue weighted by Gasteiger charge is 2.23. The zero-order valence-electron chi connectivity index (χ0n) is 15.4. The lowest BCUT2D eigenvalue weighted by Gasteiger charge is -2.26. The Morgan fingerprint density at radius 1 is 1.38 bits per heavy atom.